The van der Waals surface area contributed by atoms with Crippen LogP contribution in [0.3, 0.4) is 0 Å². The number of aromatic hydroxyl groups is 1. The Hall–Kier alpha value is -3.01. The number of phenolic OH excluding ortho intramolecular Hbond substituents is 1. The largest absolute Gasteiger partial charge is 0.507 e. The summed E-state index contributed by atoms with van der Waals surface area (Å²) in [5.74, 6) is -0.0788. The molecule has 0 bridgehead atoms. The van der Waals surface area contributed by atoms with Crippen LogP contribution in [-0.2, 0) is 0 Å². The Labute approximate surface area is 128 Å². The van der Waals surface area contributed by atoms with Crippen molar-refractivity contribution in [2.24, 2.45) is 0 Å². The monoisotopic (exact) mass is 292 g/mol. The Morgan fingerprint density at radius 2 is 1.68 bits per heavy atom. The van der Waals surface area contributed by atoms with E-state index in [0.717, 1.165) is 11.1 Å². The number of benzene rings is 2. The van der Waals surface area contributed by atoms with E-state index in [-0.39, 0.29) is 11.7 Å². The maximum Gasteiger partial charge on any atom is 0.268 e. The number of hydrogen-bond donors (Lipinski definition) is 3. The topological polar surface area (TPSA) is 65.1 Å². The van der Waals surface area contributed by atoms with Gasteiger partial charge in [0.05, 0.1) is 0 Å². The third-order valence-electron chi connectivity index (χ3n) is 3.59. The van der Waals surface area contributed by atoms with E-state index in [1.54, 1.807) is 31.4 Å². The highest BCUT2D eigenvalue weighted by Crippen LogP contribution is 2.39. The molecule has 0 aliphatic rings. The first-order valence-corrected chi connectivity index (χ1v) is 6.99. The van der Waals surface area contributed by atoms with Crippen molar-refractivity contribution in [3.63, 3.8) is 0 Å². The SMILES string of the molecule is CNC(=O)c1[nH]cc(-c2ccccc2)c1-c1ccccc1O. The van der Waals surface area contributed by atoms with Crippen molar-refractivity contribution in [1.29, 1.82) is 0 Å². The van der Waals surface area contributed by atoms with Crippen LogP contribution in [-0.4, -0.2) is 23.0 Å². The van der Waals surface area contributed by atoms with Crippen LogP contribution in [0.5, 0.6) is 5.75 Å². The molecule has 1 aromatic heterocycles. The Kier molecular flexibility index (Phi) is 3.66. The number of rotatable bonds is 3. The molecule has 1 heterocycles. The Morgan fingerprint density at radius 1 is 1.00 bits per heavy atom. The molecule has 0 unspecified atom stereocenters. The summed E-state index contributed by atoms with van der Waals surface area (Å²) in [6, 6.07) is 16.8. The minimum absolute atomic E-state index is 0.143. The molecule has 0 saturated heterocycles. The van der Waals surface area contributed by atoms with Crippen LogP contribution >= 0.6 is 0 Å². The van der Waals surface area contributed by atoms with Gasteiger partial charge in [0.1, 0.15) is 11.4 Å². The highest BCUT2D eigenvalue weighted by Gasteiger charge is 2.21. The summed E-state index contributed by atoms with van der Waals surface area (Å²) in [6.07, 6.45) is 1.79. The first-order valence-electron chi connectivity index (χ1n) is 6.99. The fraction of sp³-hybridized carbons (Fsp3) is 0.0556. The zero-order valence-corrected chi connectivity index (χ0v) is 12.1. The summed E-state index contributed by atoms with van der Waals surface area (Å²) in [4.78, 5) is 15.2. The summed E-state index contributed by atoms with van der Waals surface area (Å²) in [7, 11) is 1.58. The van der Waals surface area contributed by atoms with E-state index < -0.39 is 0 Å². The molecule has 0 saturated carbocycles. The average Bonchev–Trinajstić information content (AvgIpc) is 3.00. The van der Waals surface area contributed by atoms with Crippen LogP contribution in [0.1, 0.15) is 10.5 Å². The third-order valence-corrected chi connectivity index (χ3v) is 3.59. The first kappa shape index (κ1) is 13.9. The minimum Gasteiger partial charge on any atom is -0.507 e. The molecule has 0 atom stereocenters. The predicted molar refractivity (Wildman–Crippen MR) is 86.7 cm³/mol. The van der Waals surface area contributed by atoms with E-state index in [2.05, 4.69) is 10.3 Å². The number of hydrogen-bond acceptors (Lipinski definition) is 2. The highest BCUT2D eigenvalue weighted by molar-refractivity contribution is 6.04. The second-order valence-electron chi connectivity index (χ2n) is 4.91. The van der Waals surface area contributed by atoms with Gasteiger partial charge in [-0.1, -0.05) is 48.5 Å². The standard InChI is InChI=1S/C18H16N2O2/c1-19-18(22)17-16(13-9-5-6-10-15(13)21)14(11-20-17)12-7-3-2-4-8-12/h2-11,20-21H,1H3,(H,19,22). The molecule has 2 aromatic carbocycles. The van der Waals surface area contributed by atoms with Gasteiger partial charge >= 0.3 is 0 Å². The predicted octanol–water partition coefficient (Wildman–Crippen LogP) is 3.41. The summed E-state index contributed by atoms with van der Waals surface area (Å²) in [5, 5.41) is 12.8. The molecule has 0 radical (unpaired) electrons. The van der Waals surface area contributed by atoms with Crippen LogP contribution in [0.2, 0.25) is 0 Å². The summed E-state index contributed by atoms with van der Waals surface area (Å²) >= 11 is 0. The lowest BCUT2D eigenvalue weighted by molar-refractivity contribution is 0.0959. The number of carbonyl (C=O) groups is 1. The molecule has 0 spiro atoms. The van der Waals surface area contributed by atoms with Gasteiger partial charge in [-0.25, -0.2) is 0 Å². The molecule has 0 aliphatic heterocycles. The number of carbonyl (C=O) groups excluding carboxylic acids is 1. The zero-order valence-electron chi connectivity index (χ0n) is 12.1. The fourth-order valence-corrected chi connectivity index (χ4v) is 2.54. The van der Waals surface area contributed by atoms with Crippen LogP contribution in [0, 0.1) is 0 Å². The molecule has 3 N–H and O–H groups in total. The number of amides is 1. The minimum atomic E-state index is -0.222. The van der Waals surface area contributed by atoms with E-state index in [9.17, 15) is 9.90 Å². The number of para-hydroxylation sites is 1. The van der Waals surface area contributed by atoms with Crippen molar-refractivity contribution < 1.29 is 9.90 Å². The molecule has 22 heavy (non-hydrogen) atoms. The summed E-state index contributed by atoms with van der Waals surface area (Å²) in [6.45, 7) is 0. The van der Waals surface area contributed by atoms with Crippen LogP contribution < -0.4 is 5.32 Å². The van der Waals surface area contributed by atoms with Crippen molar-refractivity contribution in [1.82, 2.24) is 10.3 Å². The van der Waals surface area contributed by atoms with E-state index in [1.807, 2.05) is 36.4 Å². The van der Waals surface area contributed by atoms with Crippen molar-refractivity contribution in [3.05, 3.63) is 66.5 Å². The lowest BCUT2D eigenvalue weighted by Gasteiger charge is -2.09. The van der Waals surface area contributed by atoms with Gasteiger partial charge < -0.3 is 15.4 Å². The average molecular weight is 292 g/mol. The fourth-order valence-electron chi connectivity index (χ4n) is 2.54. The van der Waals surface area contributed by atoms with E-state index in [4.69, 9.17) is 0 Å². The third kappa shape index (κ3) is 2.35. The van der Waals surface area contributed by atoms with Gasteiger partial charge in [0.2, 0.25) is 0 Å². The molecule has 0 aliphatic carbocycles. The van der Waals surface area contributed by atoms with E-state index >= 15 is 0 Å². The lowest BCUT2D eigenvalue weighted by Crippen LogP contribution is -2.19. The zero-order chi connectivity index (χ0) is 15.5. The van der Waals surface area contributed by atoms with Gasteiger partial charge in [0, 0.05) is 29.9 Å². The van der Waals surface area contributed by atoms with E-state index in [1.165, 1.54) is 0 Å². The van der Waals surface area contributed by atoms with Crippen LogP contribution in [0.25, 0.3) is 22.3 Å². The number of aromatic amines is 1. The highest BCUT2D eigenvalue weighted by atomic mass is 16.3. The molecule has 110 valence electrons. The summed E-state index contributed by atoms with van der Waals surface area (Å²) in [5.41, 5.74) is 3.61. The second kappa shape index (κ2) is 5.77. The first-order chi connectivity index (χ1) is 10.7. The molecular formula is C18H16N2O2. The van der Waals surface area contributed by atoms with Crippen molar-refractivity contribution >= 4 is 5.91 Å². The van der Waals surface area contributed by atoms with Gasteiger partial charge in [-0.05, 0) is 11.6 Å². The number of H-pyrrole nitrogens is 1. The van der Waals surface area contributed by atoms with Crippen molar-refractivity contribution in [2.45, 2.75) is 0 Å². The number of aromatic nitrogens is 1. The smallest absolute Gasteiger partial charge is 0.268 e. The van der Waals surface area contributed by atoms with Crippen LogP contribution in [0.4, 0.5) is 0 Å². The van der Waals surface area contributed by atoms with Gasteiger partial charge in [-0.3, -0.25) is 4.79 Å². The lowest BCUT2D eigenvalue weighted by atomic mass is 9.96. The quantitative estimate of drug-likeness (QED) is 0.692. The van der Waals surface area contributed by atoms with Gasteiger partial charge in [0.25, 0.3) is 5.91 Å². The normalized spacial score (nSPS) is 10.4. The van der Waals surface area contributed by atoms with Gasteiger partial charge in [0.15, 0.2) is 0 Å². The maximum absolute atomic E-state index is 12.1. The molecule has 3 aromatic rings. The van der Waals surface area contributed by atoms with Crippen LogP contribution in [0.15, 0.2) is 60.8 Å². The van der Waals surface area contributed by atoms with Crippen molar-refractivity contribution in [2.75, 3.05) is 7.05 Å². The molecule has 1 amide bonds. The number of phenols is 1. The van der Waals surface area contributed by atoms with E-state index in [0.29, 0.717) is 16.8 Å². The molecule has 3 rings (SSSR count). The summed E-state index contributed by atoms with van der Waals surface area (Å²) < 4.78 is 0. The Morgan fingerprint density at radius 3 is 2.36 bits per heavy atom. The molecule has 4 nitrogen and oxygen atoms in total. The molecule has 4 heteroatoms. The maximum atomic E-state index is 12.1. The Balaban J connectivity index is 2.27. The second-order valence-corrected chi connectivity index (χ2v) is 4.91. The molecule has 0 fully saturated rings. The van der Waals surface area contributed by atoms with Crippen molar-refractivity contribution in [3.8, 4) is 28.0 Å². The molecular weight excluding hydrogens is 276 g/mol. The van der Waals surface area contributed by atoms with Gasteiger partial charge in [-0.15, -0.1) is 0 Å². The number of nitrogens with one attached hydrogen (secondary N) is 2. The van der Waals surface area contributed by atoms with Gasteiger partial charge in [-0.2, -0.15) is 0 Å². The Bertz CT molecular complexity index is 807.